The normalized spacial score (nSPS) is 12.3. The molecule has 1 atom stereocenters. The Bertz CT molecular complexity index is 389. The first-order chi connectivity index (χ1) is 6.97. The first-order valence-electron chi connectivity index (χ1n) is 4.22. The van der Waals surface area contributed by atoms with Crippen LogP contribution in [0.15, 0.2) is 16.6 Å². The third-order valence-electron chi connectivity index (χ3n) is 2.05. The summed E-state index contributed by atoms with van der Waals surface area (Å²) in [6.07, 6.45) is -1.33. The molecule has 0 heterocycles. The van der Waals surface area contributed by atoms with Gasteiger partial charge in [0.15, 0.2) is 6.10 Å². The predicted octanol–water partition coefficient (Wildman–Crippen LogP) is 1.67. The Morgan fingerprint density at radius 3 is 2.67 bits per heavy atom. The SMILES string of the molecule is COC(=O)C(O)c1cc(Br)c(O)cc1C. The lowest BCUT2D eigenvalue weighted by molar-refractivity contribution is -0.150. The van der Waals surface area contributed by atoms with E-state index in [1.54, 1.807) is 6.92 Å². The number of methoxy groups -OCH3 is 1. The number of phenols is 1. The number of aliphatic hydroxyl groups excluding tert-OH is 1. The van der Waals surface area contributed by atoms with Gasteiger partial charge in [0.2, 0.25) is 0 Å². The number of carbonyl (C=O) groups is 1. The molecule has 0 radical (unpaired) electrons. The molecule has 4 nitrogen and oxygen atoms in total. The second-order valence-electron chi connectivity index (χ2n) is 3.09. The second-order valence-corrected chi connectivity index (χ2v) is 3.94. The topological polar surface area (TPSA) is 66.8 Å². The Morgan fingerprint density at radius 2 is 2.13 bits per heavy atom. The molecule has 1 rings (SSSR count). The average Bonchev–Trinajstić information content (AvgIpc) is 2.21. The Hall–Kier alpha value is -1.07. The van der Waals surface area contributed by atoms with Crippen LogP contribution in [0.2, 0.25) is 0 Å². The molecule has 1 aromatic rings. The first kappa shape index (κ1) is 12.0. The Kier molecular flexibility index (Phi) is 3.71. The molecule has 1 aromatic carbocycles. The monoisotopic (exact) mass is 274 g/mol. The Morgan fingerprint density at radius 1 is 1.53 bits per heavy atom. The molecule has 0 aromatic heterocycles. The van der Waals surface area contributed by atoms with Crippen LogP contribution < -0.4 is 0 Å². The number of esters is 1. The smallest absolute Gasteiger partial charge is 0.339 e. The van der Waals surface area contributed by atoms with Crippen LogP contribution in [0, 0.1) is 6.92 Å². The number of phenolic OH excluding ortho intramolecular Hbond substituents is 1. The highest BCUT2D eigenvalue weighted by atomic mass is 79.9. The van der Waals surface area contributed by atoms with Gasteiger partial charge in [-0.1, -0.05) is 0 Å². The van der Waals surface area contributed by atoms with Crippen molar-refractivity contribution in [2.24, 2.45) is 0 Å². The van der Waals surface area contributed by atoms with Gasteiger partial charge in [-0.25, -0.2) is 4.79 Å². The molecule has 82 valence electrons. The number of ether oxygens (including phenoxy) is 1. The van der Waals surface area contributed by atoms with E-state index in [4.69, 9.17) is 0 Å². The van der Waals surface area contributed by atoms with Gasteiger partial charge in [0, 0.05) is 0 Å². The number of aryl methyl sites for hydroxylation is 1. The summed E-state index contributed by atoms with van der Waals surface area (Å²) in [4.78, 5) is 11.1. The zero-order valence-corrected chi connectivity index (χ0v) is 9.91. The molecule has 0 saturated carbocycles. The molecule has 1 unspecified atom stereocenters. The molecule has 5 heteroatoms. The van der Waals surface area contributed by atoms with Crippen molar-refractivity contribution < 1.29 is 19.7 Å². The summed E-state index contributed by atoms with van der Waals surface area (Å²) in [5.74, 6) is -0.663. The highest BCUT2D eigenvalue weighted by Gasteiger charge is 2.20. The Balaban J connectivity index is 3.14. The van der Waals surface area contributed by atoms with Crippen molar-refractivity contribution in [1.82, 2.24) is 0 Å². The van der Waals surface area contributed by atoms with Crippen LogP contribution >= 0.6 is 15.9 Å². The van der Waals surface area contributed by atoms with E-state index in [0.29, 0.717) is 15.6 Å². The van der Waals surface area contributed by atoms with E-state index in [0.717, 1.165) is 0 Å². The van der Waals surface area contributed by atoms with Crippen molar-refractivity contribution in [1.29, 1.82) is 0 Å². The summed E-state index contributed by atoms with van der Waals surface area (Å²) in [5.41, 5.74) is 1.03. The minimum Gasteiger partial charge on any atom is -0.507 e. The van der Waals surface area contributed by atoms with Crippen LogP contribution in [-0.4, -0.2) is 23.3 Å². The van der Waals surface area contributed by atoms with Crippen LogP contribution in [0.5, 0.6) is 5.75 Å². The number of aliphatic hydroxyl groups is 1. The summed E-state index contributed by atoms with van der Waals surface area (Å²) < 4.78 is 4.85. The number of hydrogen-bond donors (Lipinski definition) is 2. The third kappa shape index (κ3) is 2.49. The highest BCUT2D eigenvalue weighted by molar-refractivity contribution is 9.10. The predicted molar refractivity (Wildman–Crippen MR) is 57.5 cm³/mol. The highest BCUT2D eigenvalue weighted by Crippen LogP contribution is 2.30. The molecule has 15 heavy (non-hydrogen) atoms. The minimum atomic E-state index is -1.33. The zero-order valence-electron chi connectivity index (χ0n) is 8.32. The fourth-order valence-electron chi connectivity index (χ4n) is 1.21. The molecule has 0 fully saturated rings. The van der Waals surface area contributed by atoms with Crippen molar-refractivity contribution >= 4 is 21.9 Å². The summed E-state index contributed by atoms with van der Waals surface area (Å²) in [7, 11) is 1.20. The number of rotatable bonds is 2. The van der Waals surface area contributed by atoms with E-state index in [1.807, 2.05) is 0 Å². The maximum Gasteiger partial charge on any atom is 0.339 e. The summed E-state index contributed by atoms with van der Waals surface area (Å²) in [5, 5.41) is 19.0. The molecular formula is C10H11BrO4. The molecule has 0 aliphatic carbocycles. The van der Waals surface area contributed by atoms with E-state index >= 15 is 0 Å². The Labute approximate surface area is 95.6 Å². The van der Waals surface area contributed by atoms with E-state index in [9.17, 15) is 15.0 Å². The van der Waals surface area contributed by atoms with Crippen LogP contribution in [0.1, 0.15) is 17.2 Å². The van der Waals surface area contributed by atoms with Gasteiger partial charge in [0.25, 0.3) is 0 Å². The van der Waals surface area contributed by atoms with Crippen molar-refractivity contribution in [2.45, 2.75) is 13.0 Å². The van der Waals surface area contributed by atoms with Gasteiger partial charge >= 0.3 is 5.97 Å². The first-order valence-corrected chi connectivity index (χ1v) is 5.01. The molecule has 0 bridgehead atoms. The lowest BCUT2D eigenvalue weighted by Gasteiger charge is -2.12. The zero-order chi connectivity index (χ0) is 11.6. The van der Waals surface area contributed by atoms with Crippen molar-refractivity contribution in [3.05, 3.63) is 27.7 Å². The maximum absolute atomic E-state index is 11.1. The number of benzene rings is 1. The lowest BCUT2D eigenvalue weighted by Crippen LogP contribution is -2.14. The quantitative estimate of drug-likeness (QED) is 0.806. The van der Waals surface area contributed by atoms with Crippen molar-refractivity contribution in [3.63, 3.8) is 0 Å². The number of halogens is 1. The molecule has 0 amide bonds. The maximum atomic E-state index is 11.1. The third-order valence-corrected chi connectivity index (χ3v) is 2.69. The van der Waals surface area contributed by atoms with E-state index in [2.05, 4.69) is 20.7 Å². The largest absolute Gasteiger partial charge is 0.507 e. The minimum absolute atomic E-state index is 0.0633. The van der Waals surface area contributed by atoms with Gasteiger partial charge in [0.05, 0.1) is 11.6 Å². The van der Waals surface area contributed by atoms with E-state index in [-0.39, 0.29) is 5.75 Å². The van der Waals surface area contributed by atoms with Crippen LogP contribution in [-0.2, 0) is 9.53 Å². The molecule has 0 aliphatic rings. The standard InChI is InChI=1S/C10H11BrO4/c1-5-3-8(12)7(11)4-6(5)9(13)10(14)15-2/h3-4,9,12-13H,1-2H3. The number of aromatic hydroxyl groups is 1. The fourth-order valence-corrected chi connectivity index (χ4v) is 1.58. The van der Waals surface area contributed by atoms with Crippen LogP contribution in [0.3, 0.4) is 0 Å². The summed E-state index contributed by atoms with van der Waals surface area (Å²) >= 11 is 3.11. The van der Waals surface area contributed by atoms with Gasteiger partial charge in [-0.15, -0.1) is 0 Å². The van der Waals surface area contributed by atoms with Crippen LogP contribution in [0.4, 0.5) is 0 Å². The lowest BCUT2D eigenvalue weighted by atomic mass is 10.0. The van der Waals surface area contributed by atoms with Gasteiger partial charge in [-0.3, -0.25) is 0 Å². The van der Waals surface area contributed by atoms with Crippen molar-refractivity contribution in [3.8, 4) is 5.75 Å². The molecule has 0 spiro atoms. The fraction of sp³-hybridized carbons (Fsp3) is 0.300. The molecular weight excluding hydrogens is 264 g/mol. The summed E-state index contributed by atoms with van der Waals surface area (Å²) in [6.45, 7) is 1.69. The molecule has 2 N–H and O–H groups in total. The van der Waals surface area contributed by atoms with E-state index < -0.39 is 12.1 Å². The molecule has 0 aliphatic heterocycles. The second kappa shape index (κ2) is 4.63. The van der Waals surface area contributed by atoms with Gasteiger partial charge in [-0.2, -0.15) is 0 Å². The van der Waals surface area contributed by atoms with Gasteiger partial charge < -0.3 is 14.9 Å². The van der Waals surface area contributed by atoms with Gasteiger partial charge in [-0.05, 0) is 46.1 Å². The average molecular weight is 275 g/mol. The van der Waals surface area contributed by atoms with Gasteiger partial charge in [0.1, 0.15) is 5.75 Å². The van der Waals surface area contributed by atoms with Crippen molar-refractivity contribution in [2.75, 3.05) is 7.11 Å². The number of hydrogen-bond acceptors (Lipinski definition) is 4. The van der Waals surface area contributed by atoms with Crippen LogP contribution in [0.25, 0.3) is 0 Å². The van der Waals surface area contributed by atoms with E-state index in [1.165, 1.54) is 19.2 Å². The molecule has 0 saturated heterocycles. The number of carbonyl (C=O) groups excluding carboxylic acids is 1. The summed E-state index contributed by atoms with van der Waals surface area (Å²) in [6, 6.07) is 2.96.